The van der Waals surface area contributed by atoms with Crippen LogP contribution < -0.4 is 10.6 Å². The van der Waals surface area contributed by atoms with Gasteiger partial charge in [-0.1, -0.05) is 0 Å². The summed E-state index contributed by atoms with van der Waals surface area (Å²) in [5.74, 6) is 0.630. The van der Waals surface area contributed by atoms with Gasteiger partial charge in [0, 0.05) is 31.9 Å². The molecule has 0 amide bonds. The number of hydrogen-bond donors (Lipinski definition) is 2. The van der Waals surface area contributed by atoms with Gasteiger partial charge in [-0.2, -0.15) is 13.2 Å². The predicted octanol–water partition coefficient (Wildman–Crippen LogP) is 2.51. The predicted molar refractivity (Wildman–Crippen MR) is 81.3 cm³/mol. The van der Waals surface area contributed by atoms with Crippen molar-refractivity contribution in [3.63, 3.8) is 0 Å². The van der Waals surface area contributed by atoms with Crippen LogP contribution in [0.1, 0.15) is 17.6 Å². The van der Waals surface area contributed by atoms with E-state index in [2.05, 4.69) is 20.6 Å². The number of nitrogens with zero attached hydrogens (tertiary/aromatic N) is 2. The Balaban J connectivity index is 0.00000324. The Labute approximate surface area is 130 Å². The molecule has 1 rings (SSSR count). The molecule has 0 aliphatic heterocycles. The number of aliphatic imine (C=N–C) groups is 1. The fourth-order valence-corrected chi connectivity index (χ4v) is 2.04. The van der Waals surface area contributed by atoms with Crippen LogP contribution in [0.25, 0.3) is 0 Å². The van der Waals surface area contributed by atoms with Crippen LogP contribution in [0.15, 0.2) is 10.4 Å². The number of thiazole rings is 1. The highest BCUT2D eigenvalue weighted by Gasteiger charge is 2.33. The molecule has 110 valence electrons. The molecule has 1 heterocycles. The van der Waals surface area contributed by atoms with E-state index in [4.69, 9.17) is 0 Å². The van der Waals surface area contributed by atoms with Crippen molar-refractivity contribution in [3.8, 4) is 0 Å². The largest absolute Gasteiger partial charge is 0.434 e. The Morgan fingerprint density at radius 3 is 2.58 bits per heavy atom. The average Bonchev–Trinajstić information content (AvgIpc) is 2.76. The molecule has 1 aromatic heterocycles. The molecule has 1 aromatic rings. The lowest BCUT2D eigenvalue weighted by molar-refractivity contribution is -0.140. The van der Waals surface area contributed by atoms with Crippen molar-refractivity contribution in [3.05, 3.63) is 16.1 Å². The topological polar surface area (TPSA) is 49.3 Å². The molecule has 0 saturated heterocycles. The van der Waals surface area contributed by atoms with Crippen LogP contribution >= 0.6 is 35.3 Å². The van der Waals surface area contributed by atoms with E-state index in [0.29, 0.717) is 23.9 Å². The smallest absolute Gasteiger partial charge is 0.357 e. The molecule has 0 aliphatic rings. The summed E-state index contributed by atoms with van der Waals surface area (Å²) >= 11 is 1.02. The number of hydrogen-bond acceptors (Lipinski definition) is 3. The zero-order valence-corrected chi connectivity index (χ0v) is 13.7. The molecule has 0 aromatic carbocycles. The highest BCUT2D eigenvalue weighted by molar-refractivity contribution is 14.0. The summed E-state index contributed by atoms with van der Waals surface area (Å²) in [6.07, 6.45) is -3.92. The van der Waals surface area contributed by atoms with Gasteiger partial charge < -0.3 is 10.6 Å². The maximum Gasteiger partial charge on any atom is 0.434 e. The Hall–Kier alpha value is -0.580. The van der Waals surface area contributed by atoms with Crippen molar-refractivity contribution in [2.24, 2.45) is 4.99 Å². The van der Waals surface area contributed by atoms with E-state index in [1.807, 2.05) is 6.92 Å². The molecule has 0 unspecified atom stereocenters. The van der Waals surface area contributed by atoms with E-state index < -0.39 is 11.9 Å². The number of guanidine groups is 1. The van der Waals surface area contributed by atoms with Crippen LogP contribution in [0.5, 0.6) is 0 Å². The van der Waals surface area contributed by atoms with Crippen molar-refractivity contribution < 1.29 is 13.2 Å². The van der Waals surface area contributed by atoms with Crippen molar-refractivity contribution in [1.29, 1.82) is 0 Å². The molecule has 0 aliphatic carbocycles. The van der Waals surface area contributed by atoms with E-state index in [1.54, 1.807) is 7.05 Å². The van der Waals surface area contributed by atoms with Gasteiger partial charge in [-0.15, -0.1) is 35.3 Å². The number of nitrogens with one attached hydrogen (secondary N) is 2. The number of rotatable bonds is 4. The lowest BCUT2D eigenvalue weighted by Crippen LogP contribution is -2.38. The average molecular weight is 408 g/mol. The first-order valence-corrected chi connectivity index (χ1v) is 6.31. The lowest BCUT2D eigenvalue weighted by atomic mass is 10.4. The van der Waals surface area contributed by atoms with Crippen molar-refractivity contribution >= 4 is 41.3 Å². The first-order valence-electron chi connectivity index (χ1n) is 5.43. The summed E-state index contributed by atoms with van der Waals surface area (Å²) in [6.45, 7) is 3.16. The van der Waals surface area contributed by atoms with Crippen LogP contribution in [-0.2, 0) is 12.6 Å². The maximum absolute atomic E-state index is 12.3. The van der Waals surface area contributed by atoms with Gasteiger partial charge in [-0.05, 0) is 6.92 Å². The fraction of sp³-hybridized carbons (Fsp3) is 0.600. The summed E-state index contributed by atoms with van der Waals surface area (Å²) in [5.41, 5.74) is -0.821. The molecule has 0 bridgehead atoms. The second-order valence-electron chi connectivity index (χ2n) is 3.40. The number of aromatic nitrogens is 1. The van der Waals surface area contributed by atoms with Crippen LogP contribution in [0.2, 0.25) is 0 Å². The number of halogens is 4. The van der Waals surface area contributed by atoms with E-state index in [9.17, 15) is 13.2 Å². The maximum atomic E-state index is 12.3. The normalized spacial score (nSPS) is 11.9. The summed E-state index contributed by atoms with van der Waals surface area (Å²) in [4.78, 5) is 7.49. The van der Waals surface area contributed by atoms with E-state index in [-0.39, 0.29) is 24.0 Å². The lowest BCUT2D eigenvalue weighted by Gasteiger charge is -2.08. The first kappa shape index (κ1) is 18.4. The molecule has 9 heteroatoms. The minimum absolute atomic E-state index is 0. The molecule has 0 atom stereocenters. The van der Waals surface area contributed by atoms with Gasteiger partial charge in [0.05, 0.1) is 5.01 Å². The summed E-state index contributed by atoms with van der Waals surface area (Å²) in [7, 11) is 1.64. The Bertz CT molecular complexity index is 406. The third-order valence-electron chi connectivity index (χ3n) is 2.04. The van der Waals surface area contributed by atoms with Crippen LogP contribution in [0.4, 0.5) is 13.2 Å². The monoisotopic (exact) mass is 408 g/mol. The Morgan fingerprint density at radius 2 is 2.11 bits per heavy atom. The molecular weight excluding hydrogens is 392 g/mol. The van der Waals surface area contributed by atoms with Crippen LogP contribution in [-0.4, -0.2) is 31.1 Å². The molecule has 19 heavy (non-hydrogen) atoms. The second kappa shape index (κ2) is 8.56. The number of alkyl halides is 3. The van der Waals surface area contributed by atoms with E-state index in [1.165, 1.54) is 0 Å². The highest BCUT2D eigenvalue weighted by Crippen LogP contribution is 2.29. The molecule has 2 N–H and O–H groups in total. The van der Waals surface area contributed by atoms with Gasteiger partial charge >= 0.3 is 6.18 Å². The second-order valence-corrected chi connectivity index (χ2v) is 4.35. The van der Waals surface area contributed by atoms with Gasteiger partial charge in [-0.25, -0.2) is 4.98 Å². The first-order chi connectivity index (χ1) is 8.47. The summed E-state index contributed by atoms with van der Waals surface area (Å²) in [5, 5.41) is 7.48. The van der Waals surface area contributed by atoms with Crippen molar-refractivity contribution in [2.75, 3.05) is 20.1 Å². The Kier molecular flexibility index (Phi) is 8.30. The van der Waals surface area contributed by atoms with Crippen LogP contribution in [0, 0.1) is 0 Å². The van der Waals surface area contributed by atoms with Gasteiger partial charge in [0.15, 0.2) is 11.7 Å². The van der Waals surface area contributed by atoms with E-state index >= 15 is 0 Å². The minimum Gasteiger partial charge on any atom is -0.357 e. The van der Waals surface area contributed by atoms with Crippen molar-refractivity contribution in [2.45, 2.75) is 19.5 Å². The third kappa shape index (κ3) is 6.41. The highest BCUT2D eigenvalue weighted by atomic mass is 127. The molecule has 0 spiro atoms. The quantitative estimate of drug-likeness (QED) is 0.458. The van der Waals surface area contributed by atoms with Gasteiger partial charge in [-0.3, -0.25) is 4.99 Å². The fourth-order valence-electron chi connectivity index (χ4n) is 1.23. The zero-order chi connectivity index (χ0) is 13.6. The SMILES string of the molecule is CCNC(=NC)NCCc1nc(C(F)(F)F)cs1.I. The Morgan fingerprint density at radius 1 is 1.42 bits per heavy atom. The molecular formula is C10H16F3IN4S. The molecule has 4 nitrogen and oxygen atoms in total. The standard InChI is InChI=1S/C10H15F3N4S.HI/c1-3-15-9(14-2)16-5-4-8-17-7(6-18-8)10(11,12)13;/h6H,3-5H2,1-2H3,(H2,14,15,16);1H. The molecule has 0 saturated carbocycles. The van der Waals surface area contributed by atoms with Crippen molar-refractivity contribution in [1.82, 2.24) is 15.6 Å². The van der Waals surface area contributed by atoms with Gasteiger partial charge in [0.25, 0.3) is 0 Å². The summed E-state index contributed by atoms with van der Waals surface area (Å²) in [6, 6.07) is 0. The third-order valence-corrected chi connectivity index (χ3v) is 2.95. The van der Waals surface area contributed by atoms with Gasteiger partial charge in [0.1, 0.15) is 0 Å². The van der Waals surface area contributed by atoms with E-state index in [0.717, 1.165) is 23.3 Å². The van der Waals surface area contributed by atoms with Crippen LogP contribution in [0.3, 0.4) is 0 Å². The van der Waals surface area contributed by atoms with Gasteiger partial charge in [0.2, 0.25) is 0 Å². The minimum atomic E-state index is -4.36. The molecule has 0 radical (unpaired) electrons. The molecule has 0 fully saturated rings. The summed E-state index contributed by atoms with van der Waals surface area (Å²) < 4.78 is 36.9. The zero-order valence-electron chi connectivity index (χ0n) is 10.5.